The number of hydrogen-bond donors (Lipinski definition) is 2. The van der Waals surface area contributed by atoms with Gasteiger partial charge < -0.3 is 19.9 Å². The summed E-state index contributed by atoms with van der Waals surface area (Å²) in [5.41, 5.74) is -0.180. The van der Waals surface area contributed by atoms with Crippen molar-refractivity contribution in [3.8, 4) is 0 Å². The van der Waals surface area contributed by atoms with Gasteiger partial charge in [0, 0.05) is 25.1 Å². The molecule has 1 atom stereocenters. The maximum Gasteiger partial charge on any atom is 0.252 e. The summed E-state index contributed by atoms with van der Waals surface area (Å²) in [5, 5.41) is 3.04. The fourth-order valence-corrected chi connectivity index (χ4v) is 2.44. The summed E-state index contributed by atoms with van der Waals surface area (Å²) in [6.07, 6.45) is 2.13. The molecule has 1 aliphatic heterocycles. The molecule has 2 aliphatic rings. The van der Waals surface area contributed by atoms with Crippen LogP contribution in [0.3, 0.4) is 0 Å². The number of carbonyl (C=O) groups is 1. The van der Waals surface area contributed by atoms with E-state index in [1.807, 2.05) is 0 Å². The third-order valence-electron chi connectivity index (χ3n) is 3.78. The fraction of sp³-hybridized carbons (Fsp3) is 0.643. The lowest BCUT2D eigenvalue weighted by atomic mass is 10.2. The van der Waals surface area contributed by atoms with Crippen LogP contribution in [-0.2, 0) is 9.53 Å². The molecule has 1 saturated heterocycles. The SMILES string of the molecule is CC(Nc1cc(=O)[nH]c(C2CC2)n1)C(=O)N1CCOCC1. The second-order valence-electron chi connectivity index (χ2n) is 5.59. The molecule has 0 bridgehead atoms. The number of aromatic amines is 1. The van der Waals surface area contributed by atoms with E-state index in [9.17, 15) is 9.59 Å². The zero-order chi connectivity index (χ0) is 14.8. The average Bonchev–Trinajstić information content (AvgIpc) is 3.31. The van der Waals surface area contributed by atoms with Crippen LogP contribution in [0.2, 0.25) is 0 Å². The second-order valence-corrected chi connectivity index (χ2v) is 5.59. The summed E-state index contributed by atoms with van der Waals surface area (Å²) in [6.45, 7) is 4.17. The van der Waals surface area contributed by atoms with E-state index in [0.29, 0.717) is 38.0 Å². The molecule has 0 aromatic carbocycles. The first kappa shape index (κ1) is 14.1. The van der Waals surface area contributed by atoms with E-state index in [0.717, 1.165) is 18.7 Å². The predicted molar refractivity (Wildman–Crippen MR) is 77.3 cm³/mol. The van der Waals surface area contributed by atoms with Crippen molar-refractivity contribution in [3.05, 3.63) is 22.2 Å². The number of morpholine rings is 1. The first-order valence-electron chi connectivity index (χ1n) is 7.38. The number of hydrogen-bond acceptors (Lipinski definition) is 5. The Labute approximate surface area is 122 Å². The van der Waals surface area contributed by atoms with Crippen molar-refractivity contribution in [1.29, 1.82) is 0 Å². The Morgan fingerprint density at radius 2 is 2.19 bits per heavy atom. The van der Waals surface area contributed by atoms with Crippen LogP contribution in [-0.4, -0.2) is 53.1 Å². The molecule has 2 fully saturated rings. The highest BCUT2D eigenvalue weighted by Crippen LogP contribution is 2.37. The summed E-state index contributed by atoms with van der Waals surface area (Å²) in [7, 11) is 0. The van der Waals surface area contributed by atoms with E-state index in [4.69, 9.17) is 4.74 Å². The minimum absolute atomic E-state index is 0.00773. The minimum Gasteiger partial charge on any atom is -0.378 e. The molecule has 1 unspecified atom stereocenters. The molecule has 1 aliphatic carbocycles. The van der Waals surface area contributed by atoms with Gasteiger partial charge in [-0.25, -0.2) is 4.98 Å². The van der Waals surface area contributed by atoms with Gasteiger partial charge in [-0.2, -0.15) is 0 Å². The van der Waals surface area contributed by atoms with E-state index < -0.39 is 6.04 Å². The molecule has 2 N–H and O–H groups in total. The molecule has 2 heterocycles. The van der Waals surface area contributed by atoms with Crippen LogP contribution in [0, 0.1) is 0 Å². The van der Waals surface area contributed by atoms with E-state index in [1.165, 1.54) is 6.07 Å². The lowest BCUT2D eigenvalue weighted by Crippen LogP contribution is -2.47. The van der Waals surface area contributed by atoms with Gasteiger partial charge in [0.05, 0.1) is 13.2 Å². The van der Waals surface area contributed by atoms with Gasteiger partial charge in [-0.1, -0.05) is 0 Å². The van der Waals surface area contributed by atoms with E-state index in [1.54, 1.807) is 11.8 Å². The molecule has 1 aromatic rings. The zero-order valence-electron chi connectivity index (χ0n) is 12.1. The number of anilines is 1. The Bertz CT molecular complexity index is 576. The maximum atomic E-state index is 12.3. The summed E-state index contributed by atoms with van der Waals surface area (Å²) >= 11 is 0. The largest absolute Gasteiger partial charge is 0.378 e. The van der Waals surface area contributed by atoms with Crippen molar-refractivity contribution in [2.75, 3.05) is 31.6 Å². The summed E-state index contributed by atoms with van der Waals surface area (Å²) in [4.78, 5) is 32.9. The van der Waals surface area contributed by atoms with Crippen LogP contribution in [0.5, 0.6) is 0 Å². The van der Waals surface area contributed by atoms with Gasteiger partial charge in [0.2, 0.25) is 5.91 Å². The third-order valence-corrected chi connectivity index (χ3v) is 3.78. The summed E-state index contributed by atoms with van der Waals surface area (Å²) < 4.78 is 5.24. The van der Waals surface area contributed by atoms with Crippen LogP contribution in [0.25, 0.3) is 0 Å². The highest BCUT2D eigenvalue weighted by atomic mass is 16.5. The number of carbonyl (C=O) groups excluding carboxylic acids is 1. The van der Waals surface area contributed by atoms with Crippen molar-refractivity contribution in [3.63, 3.8) is 0 Å². The van der Waals surface area contributed by atoms with Gasteiger partial charge in [-0.15, -0.1) is 0 Å². The van der Waals surface area contributed by atoms with Gasteiger partial charge in [-0.3, -0.25) is 9.59 Å². The molecular formula is C14H20N4O3. The van der Waals surface area contributed by atoms with Crippen molar-refractivity contribution >= 4 is 11.7 Å². The van der Waals surface area contributed by atoms with Crippen molar-refractivity contribution in [2.45, 2.75) is 31.7 Å². The smallest absolute Gasteiger partial charge is 0.252 e. The number of ether oxygens (including phenoxy) is 1. The first-order chi connectivity index (χ1) is 10.1. The highest BCUT2D eigenvalue weighted by Gasteiger charge is 2.27. The second kappa shape index (κ2) is 5.85. The van der Waals surface area contributed by atoms with Crippen LogP contribution < -0.4 is 10.9 Å². The van der Waals surface area contributed by atoms with Gasteiger partial charge >= 0.3 is 0 Å². The minimum atomic E-state index is -0.413. The summed E-state index contributed by atoms with van der Waals surface area (Å²) in [5.74, 6) is 1.56. The molecule has 7 heteroatoms. The lowest BCUT2D eigenvalue weighted by molar-refractivity contribution is -0.135. The van der Waals surface area contributed by atoms with Gasteiger partial charge in [0.1, 0.15) is 17.7 Å². The van der Waals surface area contributed by atoms with Crippen LogP contribution >= 0.6 is 0 Å². The quantitative estimate of drug-likeness (QED) is 0.834. The lowest BCUT2D eigenvalue weighted by Gasteiger charge is -2.29. The Balaban J connectivity index is 1.67. The average molecular weight is 292 g/mol. The molecule has 1 aromatic heterocycles. The van der Waals surface area contributed by atoms with E-state index in [2.05, 4.69) is 15.3 Å². The predicted octanol–water partition coefficient (Wildman–Crippen LogP) is 0.306. The number of nitrogens with zero attached hydrogens (tertiary/aromatic N) is 2. The van der Waals surface area contributed by atoms with Gasteiger partial charge in [-0.05, 0) is 19.8 Å². The fourth-order valence-electron chi connectivity index (χ4n) is 2.44. The zero-order valence-corrected chi connectivity index (χ0v) is 12.1. The Morgan fingerprint density at radius 1 is 1.48 bits per heavy atom. The normalized spacial score (nSPS) is 20.1. The Hall–Kier alpha value is -1.89. The molecule has 114 valence electrons. The van der Waals surface area contributed by atoms with Gasteiger partial charge in [0.25, 0.3) is 5.56 Å². The van der Waals surface area contributed by atoms with Crippen molar-refractivity contribution < 1.29 is 9.53 Å². The maximum absolute atomic E-state index is 12.3. The molecule has 7 nitrogen and oxygen atoms in total. The molecule has 1 amide bonds. The first-order valence-corrected chi connectivity index (χ1v) is 7.38. The van der Waals surface area contributed by atoms with Crippen LogP contribution in [0.4, 0.5) is 5.82 Å². The molecular weight excluding hydrogens is 272 g/mol. The van der Waals surface area contributed by atoms with Crippen molar-refractivity contribution in [2.24, 2.45) is 0 Å². The highest BCUT2D eigenvalue weighted by molar-refractivity contribution is 5.84. The van der Waals surface area contributed by atoms with Crippen LogP contribution in [0.1, 0.15) is 31.5 Å². The number of nitrogens with one attached hydrogen (secondary N) is 2. The molecule has 1 saturated carbocycles. The number of rotatable bonds is 4. The topological polar surface area (TPSA) is 87.3 Å². The summed E-state index contributed by atoms with van der Waals surface area (Å²) in [6, 6.07) is 0.985. The molecule has 21 heavy (non-hydrogen) atoms. The third kappa shape index (κ3) is 3.41. The van der Waals surface area contributed by atoms with Crippen molar-refractivity contribution in [1.82, 2.24) is 14.9 Å². The number of aromatic nitrogens is 2. The molecule has 0 spiro atoms. The van der Waals surface area contributed by atoms with Gasteiger partial charge in [0.15, 0.2) is 0 Å². The molecule has 0 radical (unpaired) electrons. The number of H-pyrrole nitrogens is 1. The standard InChI is InChI=1S/C14H20N4O3/c1-9(14(20)18-4-6-21-7-5-18)15-11-8-12(19)17-13(16-11)10-2-3-10/h8-10H,2-7H2,1H3,(H2,15,16,17,19). The Kier molecular flexibility index (Phi) is 3.92. The Morgan fingerprint density at radius 3 is 2.86 bits per heavy atom. The monoisotopic (exact) mass is 292 g/mol. The van der Waals surface area contributed by atoms with E-state index in [-0.39, 0.29) is 11.5 Å². The molecule has 3 rings (SSSR count). The van der Waals surface area contributed by atoms with E-state index >= 15 is 0 Å². The number of amides is 1. The van der Waals surface area contributed by atoms with Crippen LogP contribution in [0.15, 0.2) is 10.9 Å².